The topological polar surface area (TPSA) is 53.1 Å². The van der Waals surface area contributed by atoms with Gasteiger partial charge in [-0.15, -0.1) is 0 Å². The third kappa shape index (κ3) is 2.31. The van der Waals surface area contributed by atoms with Gasteiger partial charge in [0.15, 0.2) is 0 Å². The molecular weight excluding hydrogens is 272 g/mol. The summed E-state index contributed by atoms with van der Waals surface area (Å²) in [6, 6.07) is 20.1. The van der Waals surface area contributed by atoms with E-state index in [-0.39, 0.29) is 0 Å². The quantitative estimate of drug-likeness (QED) is 0.439. The van der Waals surface area contributed by atoms with Crippen molar-refractivity contribution in [2.24, 2.45) is 5.10 Å². The first-order chi connectivity index (χ1) is 10.9. The molecule has 0 saturated carbocycles. The van der Waals surface area contributed by atoms with Crippen molar-refractivity contribution in [3.8, 4) is 0 Å². The summed E-state index contributed by atoms with van der Waals surface area (Å²) in [5.41, 5.74) is 6.09. The first kappa shape index (κ1) is 12.6. The molecule has 2 aromatic heterocycles. The van der Waals surface area contributed by atoms with Gasteiger partial charge in [0.25, 0.3) is 0 Å². The summed E-state index contributed by atoms with van der Waals surface area (Å²) in [5.74, 6) is 0.731. The number of H-pyrrole nitrogens is 1. The van der Waals surface area contributed by atoms with Gasteiger partial charge in [-0.1, -0.05) is 36.4 Å². The van der Waals surface area contributed by atoms with Gasteiger partial charge in [0, 0.05) is 28.0 Å². The minimum atomic E-state index is 0.731. The number of rotatable bonds is 3. The second-order valence-corrected chi connectivity index (χ2v) is 5.05. The second-order valence-electron chi connectivity index (χ2n) is 5.05. The number of aromatic amines is 1. The van der Waals surface area contributed by atoms with E-state index in [1.807, 2.05) is 60.8 Å². The second kappa shape index (κ2) is 5.33. The van der Waals surface area contributed by atoms with Gasteiger partial charge >= 0.3 is 0 Å². The van der Waals surface area contributed by atoms with Crippen molar-refractivity contribution in [3.05, 3.63) is 72.4 Å². The van der Waals surface area contributed by atoms with E-state index in [1.165, 1.54) is 0 Å². The molecular formula is C18H14N4. The largest absolute Gasteiger partial charge is 0.361 e. The molecule has 0 spiro atoms. The predicted octanol–water partition coefficient (Wildman–Crippen LogP) is 4.16. The van der Waals surface area contributed by atoms with Gasteiger partial charge < -0.3 is 4.98 Å². The highest BCUT2D eigenvalue weighted by molar-refractivity contribution is 5.99. The molecule has 0 aliphatic rings. The number of hydrogen-bond donors (Lipinski definition) is 2. The molecule has 0 aliphatic heterocycles. The fourth-order valence-corrected chi connectivity index (χ4v) is 2.50. The molecule has 0 aliphatic carbocycles. The van der Waals surface area contributed by atoms with Crippen LogP contribution in [0, 0.1) is 0 Å². The Balaban J connectivity index is 1.58. The maximum absolute atomic E-state index is 4.52. The number of para-hydroxylation sites is 2. The van der Waals surface area contributed by atoms with Crippen LogP contribution >= 0.6 is 0 Å². The van der Waals surface area contributed by atoms with Crippen LogP contribution in [0.5, 0.6) is 0 Å². The summed E-state index contributed by atoms with van der Waals surface area (Å²) in [6.45, 7) is 0. The van der Waals surface area contributed by atoms with Gasteiger partial charge in [0.1, 0.15) is 5.82 Å². The number of nitrogens with zero attached hydrogens (tertiary/aromatic N) is 2. The first-order valence-corrected chi connectivity index (χ1v) is 7.11. The Morgan fingerprint density at radius 3 is 2.82 bits per heavy atom. The maximum Gasteiger partial charge on any atom is 0.146 e. The maximum atomic E-state index is 4.52. The lowest BCUT2D eigenvalue weighted by Gasteiger charge is -2.01. The fourth-order valence-electron chi connectivity index (χ4n) is 2.50. The molecule has 106 valence electrons. The number of fused-ring (bicyclic) bond motifs is 2. The van der Waals surface area contributed by atoms with Gasteiger partial charge in [-0.2, -0.15) is 5.10 Å². The average molecular weight is 286 g/mol. The Kier molecular flexibility index (Phi) is 3.05. The Morgan fingerprint density at radius 1 is 0.955 bits per heavy atom. The molecule has 0 unspecified atom stereocenters. The van der Waals surface area contributed by atoms with Crippen molar-refractivity contribution in [2.45, 2.75) is 0 Å². The number of nitrogens with one attached hydrogen (secondary N) is 2. The lowest BCUT2D eigenvalue weighted by atomic mass is 10.2. The van der Waals surface area contributed by atoms with Crippen molar-refractivity contribution in [2.75, 3.05) is 5.43 Å². The SMILES string of the molecule is C(=NNc1ccc2ccccc2n1)c1c[nH]c2ccccc12. The van der Waals surface area contributed by atoms with Crippen molar-refractivity contribution in [1.82, 2.24) is 9.97 Å². The summed E-state index contributed by atoms with van der Waals surface area (Å²) < 4.78 is 0. The number of benzene rings is 2. The Bertz CT molecular complexity index is 969. The van der Waals surface area contributed by atoms with E-state index in [2.05, 4.69) is 26.6 Å². The number of hydrazone groups is 1. The normalized spacial score (nSPS) is 11.5. The molecule has 4 aromatic rings. The molecule has 0 atom stereocenters. The lowest BCUT2D eigenvalue weighted by molar-refractivity contribution is 1.26. The molecule has 4 nitrogen and oxygen atoms in total. The molecule has 2 N–H and O–H groups in total. The van der Waals surface area contributed by atoms with Crippen LogP contribution in [0.4, 0.5) is 5.82 Å². The summed E-state index contributed by atoms with van der Waals surface area (Å²) in [4.78, 5) is 7.75. The summed E-state index contributed by atoms with van der Waals surface area (Å²) in [7, 11) is 0. The van der Waals surface area contributed by atoms with Crippen molar-refractivity contribution >= 4 is 33.8 Å². The van der Waals surface area contributed by atoms with Gasteiger partial charge in [-0.25, -0.2) is 4.98 Å². The highest BCUT2D eigenvalue weighted by Gasteiger charge is 2.00. The average Bonchev–Trinajstić information content (AvgIpc) is 2.98. The van der Waals surface area contributed by atoms with E-state index >= 15 is 0 Å². The molecule has 0 radical (unpaired) electrons. The van der Waals surface area contributed by atoms with Crippen LogP contribution in [-0.2, 0) is 0 Å². The van der Waals surface area contributed by atoms with Crippen LogP contribution in [0.1, 0.15) is 5.56 Å². The number of aromatic nitrogens is 2. The smallest absolute Gasteiger partial charge is 0.146 e. The molecule has 4 heteroatoms. The Labute approximate surface area is 127 Å². The molecule has 22 heavy (non-hydrogen) atoms. The molecule has 4 rings (SSSR count). The number of anilines is 1. The van der Waals surface area contributed by atoms with Crippen molar-refractivity contribution in [3.63, 3.8) is 0 Å². The van der Waals surface area contributed by atoms with E-state index < -0.39 is 0 Å². The van der Waals surface area contributed by atoms with E-state index in [4.69, 9.17) is 0 Å². The molecule has 0 saturated heterocycles. The van der Waals surface area contributed by atoms with Gasteiger partial charge in [-0.3, -0.25) is 5.43 Å². The highest BCUT2D eigenvalue weighted by Crippen LogP contribution is 2.16. The van der Waals surface area contributed by atoms with Crippen LogP contribution in [0.15, 0.2) is 72.0 Å². The molecule has 2 aromatic carbocycles. The molecule has 0 bridgehead atoms. The van der Waals surface area contributed by atoms with E-state index in [9.17, 15) is 0 Å². The first-order valence-electron chi connectivity index (χ1n) is 7.11. The standard InChI is InChI=1S/C18H14N4/c1-3-7-16-13(5-1)9-10-18(21-16)22-20-12-14-11-19-17-8-4-2-6-15(14)17/h1-12,19H,(H,21,22). The van der Waals surface area contributed by atoms with Gasteiger partial charge in [0.05, 0.1) is 11.7 Å². The summed E-state index contributed by atoms with van der Waals surface area (Å²) in [6.07, 6.45) is 3.75. The molecule has 0 fully saturated rings. The molecule has 0 amide bonds. The highest BCUT2D eigenvalue weighted by atomic mass is 15.3. The zero-order chi connectivity index (χ0) is 14.8. The van der Waals surface area contributed by atoms with E-state index in [0.717, 1.165) is 33.2 Å². The van der Waals surface area contributed by atoms with Crippen LogP contribution in [0.3, 0.4) is 0 Å². The summed E-state index contributed by atoms with van der Waals surface area (Å²) >= 11 is 0. The monoisotopic (exact) mass is 286 g/mol. The van der Waals surface area contributed by atoms with E-state index in [1.54, 1.807) is 6.21 Å². The minimum Gasteiger partial charge on any atom is -0.361 e. The third-order valence-electron chi connectivity index (χ3n) is 3.60. The molecule has 2 heterocycles. The minimum absolute atomic E-state index is 0.731. The summed E-state index contributed by atoms with van der Waals surface area (Å²) in [5, 5.41) is 6.55. The zero-order valence-corrected chi connectivity index (χ0v) is 11.8. The van der Waals surface area contributed by atoms with Crippen molar-refractivity contribution in [1.29, 1.82) is 0 Å². The Morgan fingerprint density at radius 2 is 1.82 bits per heavy atom. The third-order valence-corrected chi connectivity index (χ3v) is 3.60. The van der Waals surface area contributed by atoms with Gasteiger partial charge in [0.2, 0.25) is 0 Å². The van der Waals surface area contributed by atoms with Crippen LogP contribution < -0.4 is 5.43 Å². The van der Waals surface area contributed by atoms with Crippen molar-refractivity contribution < 1.29 is 0 Å². The predicted molar refractivity (Wildman–Crippen MR) is 91.3 cm³/mol. The number of pyridine rings is 1. The van der Waals surface area contributed by atoms with Crippen LogP contribution in [0.25, 0.3) is 21.8 Å². The fraction of sp³-hybridized carbons (Fsp3) is 0. The van der Waals surface area contributed by atoms with Crippen LogP contribution in [0.2, 0.25) is 0 Å². The lowest BCUT2D eigenvalue weighted by Crippen LogP contribution is -1.93. The number of hydrogen-bond acceptors (Lipinski definition) is 3. The Hall–Kier alpha value is -3.14. The zero-order valence-electron chi connectivity index (χ0n) is 11.8. The van der Waals surface area contributed by atoms with Gasteiger partial charge in [-0.05, 0) is 24.3 Å². The van der Waals surface area contributed by atoms with E-state index in [0.29, 0.717) is 0 Å². The van der Waals surface area contributed by atoms with Crippen LogP contribution in [-0.4, -0.2) is 16.2 Å².